The second kappa shape index (κ2) is 8.55. The number of piperazine rings is 1. The maximum atomic E-state index is 12.4. The van der Waals surface area contributed by atoms with Crippen molar-refractivity contribution in [1.29, 1.82) is 5.26 Å². The third-order valence-corrected chi connectivity index (χ3v) is 5.55. The van der Waals surface area contributed by atoms with E-state index >= 15 is 0 Å². The number of carbonyl (C=O) groups is 1. The van der Waals surface area contributed by atoms with Gasteiger partial charge in [0.2, 0.25) is 5.91 Å². The van der Waals surface area contributed by atoms with E-state index in [9.17, 15) is 4.79 Å². The summed E-state index contributed by atoms with van der Waals surface area (Å²) in [7, 11) is 0. The summed E-state index contributed by atoms with van der Waals surface area (Å²) >= 11 is 6.05. The van der Waals surface area contributed by atoms with Crippen LogP contribution in [-0.2, 0) is 4.79 Å². The molecule has 1 aliphatic heterocycles. The van der Waals surface area contributed by atoms with Crippen LogP contribution in [0.5, 0.6) is 0 Å². The summed E-state index contributed by atoms with van der Waals surface area (Å²) in [6.07, 6.45) is 4.58. The number of anilines is 1. The quantitative estimate of drug-likeness (QED) is 0.877. The highest BCUT2D eigenvalue weighted by molar-refractivity contribution is 6.32. The number of rotatable bonds is 5. The Balaban J connectivity index is 1.38. The van der Waals surface area contributed by atoms with Crippen LogP contribution in [0.15, 0.2) is 18.2 Å². The van der Waals surface area contributed by atoms with Crippen LogP contribution < -0.4 is 5.32 Å². The molecule has 0 atom stereocenters. The molecule has 1 aromatic carbocycles. The van der Waals surface area contributed by atoms with Gasteiger partial charge >= 0.3 is 0 Å². The van der Waals surface area contributed by atoms with Gasteiger partial charge in [-0.1, -0.05) is 24.4 Å². The molecule has 0 radical (unpaired) electrons. The first-order chi connectivity index (χ1) is 12.2. The van der Waals surface area contributed by atoms with Crippen LogP contribution in [0.2, 0.25) is 5.02 Å². The molecule has 2 fully saturated rings. The van der Waals surface area contributed by atoms with Crippen LogP contribution in [0.1, 0.15) is 31.2 Å². The molecule has 25 heavy (non-hydrogen) atoms. The second-order valence-corrected chi connectivity index (χ2v) is 7.29. The third kappa shape index (κ3) is 4.65. The second-order valence-electron chi connectivity index (χ2n) is 6.88. The minimum absolute atomic E-state index is 0.286. The van der Waals surface area contributed by atoms with Crippen molar-refractivity contribution in [2.45, 2.75) is 25.7 Å². The number of hydrogen-bond donors (Lipinski definition) is 1. The maximum Gasteiger partial charge on any atom is 0.225 e. The monoisotopic (exact) mass is 360 g/mol. The zero-order chi connectivity index (χ0) is 17.6. The number of benzene rings is 1. The van der Waals surface area contributed by atoms with Gasteiger partial charge in [-0.25, -0.2) is 0 Å². The van der Waals surface area contributed by atoms with Gasteiger partial charge in [-0.15, -0.1) is 0 Å². The topological polar surface area (TPSA) is 59.4 Å². The first-order valence-corrected chi connectivity index (χ1v) is 9.50. The van der Waals surface area contributed by atoms with Crippen LogP contribution in [0.4, 0.5) is 5.69 Å². The predicted molar refractivity (Wildman–Crippen MR) is 99.6 cm³/mol. The molecule has 6 heteroatoms. The van der Waals surface area contributed by atoms with Crippen molar-refractivity contribution in [2.24, 2.45) is 5.92 Å². The lowest BCUT2D eigenvalue weighted by molar-refractivity contribution is -0.137. The molecule has 0 aromatic heterocycles. The van der Waals surface area contributed by atoms with Gasteiger partial charge in [0, 0.05) is 50.9 Å². The van der Waals surface area contributed by atoms with Gasteiger partial charge in [0.25, 0.3) is 0 Å². The van der Waals surface area contributed by atoms with E-state index in [0.717, 1.165) is 57.8 Å². The van der Waals surface area contributed by atoms with Crippen molar-refractivity contribution >= 4 is 23.2 Å². The van der Waals surface area contributed by atoms with Crippen molar-refractivity contribution in [3.8, 4) is 6.07 Å². The van der Waals surface area contributed by atoms with Crippen molar-refractivity contribution in [3.05, 3.63) is 28.8 Å². The maximum absolute atomic E-state index is 12.4. The average Bonchev–Trinajstić information content (AvgIpc) is 3.16. The van der Waals surface area contributed by atoms with E-state index in [1.54, 1.807) is 12.1 Å². The smallest absolute Gasteiger partial charge is 0.225 e. The summed E-state index contributed by atoms with van der Waals surface area (Å²) in [6, 6.07) is 7.47. The molecule has 0 bridgehead atoms. The standard InChI is InChI=1S/C19H25ClN4O/c20-18-13-17(6-5-16(18)14-21)22-7-8-23-9-11-24(12-10-23)19(25)15-3-1-2-4-15/h5-6,13,15,22H,1-4,7-12H2. The van der Waals surface area contributed by atoms with E-state index in [1.165, 1.54) is 12.8 Å². The highest BCUT2D eigenvalue weighted by Crippen LogP contribution is 2.27. The number of nitrogens with zero attached hydrogens (tertiary/aromatic N) is 3. The highest BCUT2D eigenvalue weighted by atomic mass is 35.5. The Kier molecular flexibility index (Phi) is 6.17. The molecular formula is C19H25ClN4O. The summed E-state index contributed by atoms with van der Waals surface area (Å²) in [6.45, 7) is 5.32. The Hall–Kier alpha value is -1.77. The Morgan fingerprint density at radius 2 is 1.96 bits per heavy atom. The lowest BCUT2D eigenvalue weighted by Gasteiger charge is -2.36. The molecule has 1 N–H and O–H groups in total. The fourth-order valence-corrected chi connectivity index (χ4v) is 3.92. The molecule has 5 nitrogen and oxygen atoms in total. The van der Waals surface area contributed by atoms with E-state index < -0.39 is 0 Å². The molecule has 2 aliphatic rings. The minimum atomic E-state index is 0.286. The molecule has 0 unspecified atom stereocenters. The van der Waals surface area contributed by atoms with Gasteiger partial charge < -0.3 is 10.2 Å². The average molecular weight is 361 g/mol. The molecule has 134 valence electrons. The summed E-state index contributed by atoms with van der Waals surface area (Å²) in [5.41, 5.74) is 1.43. The van der Waals surface area contributed by atoms with Crippen LogP contribution in [0.3, 0.4) is 0 Å². The number of nitrogens with one attached hydrogen (secondary N) is 1. The van der Waals surface area contributed by atoms with Crippen LogP contribution in [-0.4, -0.2) is 55.0 Å². The number of nitriles is 1. The Bertz CT molecular complexity index is 643. The zero-order valence-corrected chi connectivity index (χ0v) is 15.3. The third-order valence-electron chi connectivity index (χ3n) is 5.24. The van der Waals surface area contributed by atoms with Gasteiger partial charge in [-0.2, -0.15) is 5.26 Å². The lowest BCUT2D eigenvalue weighted by Crippen LogP contribution is -2.50. The number of carbonyl (C=O) groups excluding carboxylic acids is 1. The number of halogens is 1. The van der Waals surface area contributed by atoms with E-state index in [4.69, 9.17) is 16.9 Å². The summed E-state index contributed by atoms with van der Waals surface area (Å²) < 4.78 is 0. The van der Waals surface area contributed by atoms with Gasteiger partial charge in [0.15, 0.2) is 0 Å². The van der Waals surface area contributed by atoms with Crippen LogP contribution in [0, 0.1) is 17.2 Å². The van der Waals surface area contributed by atoms with Gasteiger partial charge in [-0.3, -0.25) is 9.69 Å². The molecule has 1 saturated carbocycles. The van der Waals surface area contributed by atoms with E-state index in [-0.39, 0.29) is 5.92 Å². The summed E-state index contributed by atoms with van der Waals surface area (Å²) in [5.74, 6) is 0.664. The molecule has 3 rings (SSSR count). The van der Waals surface area contributed by atoms with Gasteiger partial charge in [0.05, 0.1) is 10.6 Å². The molecule has 0 spiro atoms. The Morgan fingerprint density at radius 3 is 2.60 bits per heavy atom. The first-order valence-electron chi connectivity index (χ1n) is 9.12. The number of amides is 1. The SMILES string of the molecule is N#Cc1ccc(NCCN2CCN(C(=O)C3CCCC3)CC2)cc1Cl. The van der Waals surface area contributed by atoms with E-state index in [1.807, 2.05) is 6.07 Å². The van der Waals surface area contributed by atoms with Gasteiger partial charge in [-0.05, 0) is 31.0 Å². The normalized spacial score (nSPS) is 19.0. The first kappa shape index (κ1) is 18.0. The lowest BCUT2D eigenvalue weighted by atomic mass is 10.1. The molecule has 1 heterocycles. The molecule has 1 amide bonds. The van der Waals surface area contributed by atoms with Crippen molar-refractivity contribution in [3.63, 3.8) is 0 Å². The van der Waals surface area contributed by atoms with E-state index in [0.29, 0.717) is 16.5 Å². The van der Waals surface area contributed by atoms with Crippen molar-refractivity contribution in [2.75, 3.05) is 44.6 Å². The van der Waals surface area contributed by atoms with Crippen LogP contribution in [0.25, 0.3) is 0 Å². The molecular weight excluding hydrogens is 336 g/mol. The molecule has 1 aliphatic carbocycles. The summed E-state index contributed by atoms with van der Waals surface area (Å²) in [4.78, 5) is 16.9. The highest BCUT2D eigenvalue weighted by Gasteiger charge is 2.29. The fraction of sp³-hybridized carbons (Fsp3) is 0.579. The Morgan fingerprint density at radius 1 is 1.24 bits per heavy atom. The minimum Gasteiger partial charge on any atom is -0.384 e. The van der Waals surface area contributed by atoms with E-state index in [2.05, 4.69) is 21.2 Å². The van der Waals surface area contributed by atoms with Crippen molar-refractivity contribution < 1.29 is 4.79 Å². The predicted octanol–water partition coefficient (Wildman–Crippen LogP) is 2.96. The molecule has 1 aromatic rings. The molecule has 1 saturated heterocycles. The van der Waals surface area contributed by atoms with Crippen LogP contribution >= 0.6 is 11.6 Å². The zero-order valence-electron chi connectivity index (χ0n) is 14.5. The summed E-state index contributed by atoms with van der Waals surface area (Å²) in [5, 5.41) is 12.7. The van der Waals surface area contributed by atoms with Gasteiger partial charge in [0.1, 0.15) is 6.07 Å². The Labute approximate surface area is 154 Å². The number of hydrogen-bond acceptors (Lipinski definition) is 4. The largest absolute Gasteiger partial charge is 0.384 e. The van der Waals surface area contributed by atoms with Crippen molar-refractivity contribution in [1.82, 2.24) is 9.80 Å². The fourth-order valence-electron chi connectivity index (χ4n) is 3.70.